The number of benzene rings is 2. The number of carbonyl (C=O) groups is 1. The number of nitrogen functional groups attached to an aromatic ring is 1. The molecule has 1 aliphatic heterocycles. The maximum atomic E-state index is 12.9. The number of carbonyl (C=O) groups excluding carboxylic acids is 1. The van der Waals surface area contributed by atoms with Crippen molar-refractivity contribution in [2.24, 2.45) is 0 Å². The first kappa shape index (κ1) is 14.1. The van der Waals surface area contributed by atoms with Crippen molar-refractivity contribution in [3.63, 3.8) is 0 Å². The van der Waals surface area contributed by atoms with Gasteiger partial charge in [-0.3, -0.25) is 4.79 Å². The van der Waals surface area contributed by atoms with Gasteiger partial charge in [-0.2, -0.15) is 0 Å². The zero-order valence-electron chi connectivity index (χ0n) is 11.7. The summed E-state index contributed by atoms with van der Waals surface area (Å²) < 4.78 is 0.864. The molecule has 2 N–H and O–H groups in total. The molecular weight excluding hydrogens is 328 g/mol. The third-order valence-corrected chi connectivity index (χ3v) is 4.34. The topological polar surface area (TPSA) is 46.3 Å². The largest absolute Gasteiger partial charge is 0.398 e. The molecule has 3 rings (SSSR count). The van der Waals surface area contributed by atoms with Crippen LogP contribution < -0.4 is 10.6 Å². The number of nitrogens with two attached hydrogens (primary N) is 1. The summed E-state index contributed by atoms with van der Waals surface area (Å²) in [6, 6.07) is 13.5. The summed E-state index contributed by atoms with van der Waals surface area (Å²) in [6.07, 6.45) is 3.14. The predicted molar refractivity (Wildman–Crippen MR) is 89.6 cm³/mol. The van der Waals surface area contributed by atoms with Crippen LogP contribution in [0.4, 0.5) is 11.4 Å². The maximum Gasteiger partial charge on any atom is 0.260 e. The summed E-state index contributed by atoms with van der Waals surface area (Å²) >= 11 is 3.41. The number of aryl methyl sites for hydroxylation is 1. The standard InChI is InChI=1S/C17H17BrN2O/c18-13-8-9-15(19)14(11-13)17(21)20-10-4-3-6-12-5-1-2-7-16(12)20/h1-2,5,7-9,11H,3-4,6,10,19H2. The van der Waals surface area contributed by atoms with Gasteiger partial charge in [-0.25, -0.2) is 0 Å². The van der Waals surface area contributed by atoms with Crippen molar-refractivity contribution in [2.75, 3.05) is 17.2 Å². The Morgan fingerprint density at radius 1 is 1.14 bits per heavy atom. The van der Waals surface area contributed by atoms with E-state index in [1.54, 1.807) is 12.1 Å². The lowest BCUT2D eigenvalue weighted by Gasteiger charge is -2.23. The van der Waals surface area contributed by atoms with E-state index in [-0.39, 0.29) is 5.91 Å². The highest BCUT2D eigenvalue weighted by Gasteiger charge is 2.23. The molecule has 0 unspecified atom stereocenters. The van der Waals surface area contributed by atoms with E-state index in [9.17, 15) is 4.79 Å². The molecule has 3 nitrogen and oxygen atoms in total. The van der Waals surface area contributed by atoms with Crippen LogP contribution in [0.25, 0.3) is 0 Å². The van der Waals surface area contributed by atoms with Crippen molar-refractivity contribution in [1.29, 1.82) is 0 Å². The van der Waals surface area contributed by atoms with Gasteiger partial charge in [-0.1, -0.05) is 34.1 Å². The Hall–Kier alpha value is -1.81. The summed E-state index contributed by atoms with van der Waals surface area (Å²) in [5.74, 6) is -0.0249. The Morgan fingerprint density at radius 2 is 1.95 bits per heavy atom. The van der Waals surface area contributed by atoms with Gasteiger partial charge in [0.15, 0.2) is 0 Å². The number of hydrogen-bond acceptors (Lipinski definition) is 2. The molecule has 0 aliphatic carbocycles. The average Bonchev–Trinajstić information content (AvgIpc) is 2.71. The van der Waals surface area contributed by atoms with E-state index in [1.165, 1.54) is 5.56 Å². The summed E-state index contributed by atoms with van der Waals surface area (Å²) in [6.45, 7) is 0.738. The van der Waals surface area contributed by atoms with E-state index in [0.717, 1.165) is 36.0 Å². The first-order valence-electron chi connectivity index (χ1n) is 7.11. The molecule has 1 amide bonds. The van der Waals surface area contributed by atoms with Gasteiger partial charge >= 0.3 is 0 Å². The lowest BCUT2D eigenvalue weighted by atomic mass is 10.1. The van der Waals surface area contributed by atoms with Gasteiger partial charge in [0.2, 0.25) is 0 Å². The van der Waals surface area contributed by atoms with Gasteiger partial charge < -0.3 is 10.6 Å². The number of fused-ring (bicyclic) bond motifs is 1. The van der Waals surface area contributed by atoms with Gasteiger partial charge in [0.05, 0.1) is 5.56 Å². The van der Waals surface area contributed by atoms with Gasteiger partial charge in [0, 0.05) is 22.4 Å². The normalized spacial score (nSPS) is 14.4. The molecule has 0 saturated heterocycles. The smallest absolute Gasteiger partial charge is 0.260 e. The fourth-order valence-corrected chi connectivity index (χ4v) is 3.12. The maximum absolute atomic E-state index is 12.9. The Kier molecular flexibility index (Phi) is 3.97. The third-order valence-electron chi connectivity index (χ3n) is 3.85. The van der Waals surface area contributed by atoms with Crippen molar-refractivity contribution >= 4 is 33.2 Å². The lowest BCUT2D eigenvalue weighted by molar-refractivity contribution is 0.0987. The molecule has 0 radical (unpaired) electrons. The lowest BCUT2D eigenvalue weighted by Crippen LogP contribution is -2.32. The molecule has 0 aromatic heterocycles. The molecule has 2 aromatic carbocycles. The monoisotopic (exact) mass is 344 g/mol. The number of amides is 1. The van der Waals surface area contributed by atoms with Crippen molar-refractivity contribution < 1.29 is 4.79 Å². The van der Waals surface area contributed by atoms with Gasteiger partial charge in [0.25, 0.3) is 5.91 Å². The molecule has 108 valence electrons. The first-order chi connectivity index (χ1) is 10.2. The van der Waals surface area contributed by atoms with Gasteiger partial charge in [-0.15, -0.1) is 0 Å². The quantitative estimate of drug-likeness (QED) is 0.794. The molecule has 0 fully saturated rings. The summed E-state index contributed by atoms with van der Waals surface area (Å²) in [4.78, 5) is 14.8. The fourth-order valence-electron chi connectivity index (χ4n) is 2.76. The second-order valence-corrected chi connectivity index (χ2v) is 6.19. The second-order valence-electron chi connectivity index (χ2n) is 5.27. The van der Waals surface area contributed by atoms with Crippen molar-refractivity contribution in [3.8, 4) is 0 Å². The minimum atomic E-state index is -0.0249. The number of anilines is 2. The zero-order valence-corrected chi connectivity index (χ0v) is 13.3. The van der Waals surface area contributed by atoms with E-state index in [1.807, 2.05) is 29.2 Å². The number of rotatable bonds is 1. The number of hydrogen-bond donors (Lipinski definition) is 1. The highest BCUT2D eigenvalue weighted by molar-refractivity contribution is 9.10. The summed E-state index contributed by atoms with van der Waals surface area (Å²) in [5, 5.41) is 0. The molecule has 21 heavy (non-hydrogen) atoms. The zero-order chi connectivity index (χ0) is 14.8. The van der Waals surface area contributed by atoms with Gasteiger partial charge in [-0.05, 0) is 49.1 Å². The molecule has 0 atom stereocenters. The van der Waals surface area contributed by atoms with Crippen LogP contribution in [-0.4, -0.2) is 12.5 Å². The van der Waals surface area contributed by atoms with Crippen molar-refractivity contribution in [2.45, 2.75) is 19.3 Å². The molecule has 0 bridgehead atoms. The second kappa shape index (κ2) is 5.90. The Morgan fingerprint density at radius 3 is 2.81 bits per heavy atom. The highest BCUT2D eigenvalue weighted by Crippen LogP contribution is 2.29. The minimum absolute atomic E-state index is 0.0249. The van der Waals surface area contributed by atoms with Crippen LogP contribution in [0, 0.1) is 0 Å². The van der Waals surface area contributed by atoms with E-state index >= 15 is 0 Å². The Bertz CT molecular complexity index is 684. The van der Waals surface area contributed by atoms with Crippen LogP contribution in [0.5, 0.6) is 0 Å². The van der Waals surface area contributed by atoms with Crippen LogP contribution in [-0.2, 0) is 6.42 Å². The van der Waals surface area contributed by atoms with E-state index < -0.39 is 0 Å². The van der Waals surface area contributed by atoms with Crippen LogP contribution in [0.2, 0.25) is 0 Å². The van der Waals surface area contributed by atoms with E-state index in [2.05, 4.69) is 22.0 Å². The van der Waals surface area contributed by atoms with Crippen LogP contribution >= 0.6 is 15.9 Å². The fraction of sp³-hybridized carbons (Fsp3) is 0.235. The molecule has 0 spiro atoms. The van der Waals surface area contributed by atoms with Crippen molar-refractivity contribution in [3.05, 3.63) is 58.1 Å². The first-order valence-corrected chi connectivity index (χ1v) is 7.91. The molecule has 2 aromatic rings. The molecule has 1 heterocycles. The van der Waals surface area contributed by atoms with Crippen LogP contribution in [0.15, 0.2) is 46.9 Å². The average molecular weight is 345 g/mol. The molecule has 1 aliphatic rings. The minimum Gasteiger partial charge on any atom is -0.398 e. The molecule has 4 heteroatoms. The number of nitrogens with zero attached hydrogens (tertiary/aromatic N) is 1. The Labute approximate surface area is 132 Å². The molecule has 0 saturated carbocycles. The SMILES string of the molecule is Nc1ccc(Br)cc1C(=O)N1CCCCc2ccccc21. The van der Waals surface area contributed by atoms with Gasteiger partial charge in [0.1, 0.15) is 0 Å². The van der Waals surface area contributed by atoms with Crippen molar-refractivity contribution in [1.82, 2.24) is 0 Å². The predicted octanol–water partition coefficient (Wildman–Crippen LogP) is 4.01. The van der Waals surface area contributed by atoms with Crippen LogP contribution in [0.3, 0.4) is 0 Å². The molecular formula is C17H17BrN2O. The van der Waals surface area contributed by atoms with E-state index in [4.69, 9.17) is 5.73 Å². The summed E-state index contributed by atoms with van der Waals surface area (Å²) in [5.41, 5.74) is 9.31. The number of para-hydroxylation sites is 1. The Balaban J connectivity index is 2.03. The third kappa shape index (κ3) is 2.81. The van der Waals surface area contributed by atoms with Crippen LogP contribution in [0.1, 0.15) is 28.8 Å². The number of halogens is 1. The summed E-state index contributed by atoms with van der Waals surface area (Å²) in [7, 11) is 0. The highest BCUT2D eigenvalue weighted by atomic mass is 79.9. The van der Waals surface area contributed by atoms with E-state index in [0.29, 0.717) is 11.3 Å².